The van der Waals surface area contributed by atoms with Crippen molar-refractivity contribution >= 4 is 11.6 Å². The molecule has 0 saturated heterocycles. The molecule has 1 aliphatic heterocycles. The van der Waals surface area contributed by atoms with Crippen LogP contribution < -0.4 is 10.1 Å². The van der Waals surface area contributed by atoms with E-state index in [0.29, 0.717) is 6.42 Å². The maximum Gasteiger partial charge on any atom is 0.162 e. The maximum absolute atomic E-state index is 13.7. The van der Waals surface area contributed by atoms with Crippen molar-refractivity contribution in [3.8, 4) is 16.9 Å². The average Bonchev–Trinajstić information content (AvgIpc) is 2.82. The van der Waals surface area contributed by atoms with Crippen molar-refractivity contribution in [3.05, 3.63) is 83.5 Å². The van der Waals surface area contributed by atoms with Gasteiger partial charge in [-0.2, -0.15) is 0 Å². The first kappa shape index (κ1) is 21.4. The predicted molar refractivity (Wildman–Crippen MR) is 130 cm³/mol. The zero-order chi connectivity index (χ0) is 23.2. The van der Waals surface area contributed by atoms with Crippen molar-refractivity contribution in [2.45, 2.75) is 45.4 Å². The van der Waals surface area contributed by atoms with Crippen molar-refractivity contribution in [1.82, 2.24) is 9.97 Å². The van der Waals surface area contributed by atoms with E-state index in [1.54, 1.807) is 19.5 Å². The number of ketones is 1. The molecular formula is C28H29N3O2. The quantitative estimate of drug-likeness (QED) is 0.547. The third-order valence-electron chi connectivity index (χ3n) is 7.04. The highest BCUT2D eigenvalue weighted by atomic mass is 16.5. The highest BCUT2D eigenvalue weighted by Crippen LogP contribution is 2.54. The van der Waals surface area contributed by atoms with Gasteiger partial charge in [-0.1, -0.05) is 45.0 Å². The molecule has 5 rings (SSSR count). The van der Waals surface area contributed by atoms with E-state index in [1.807, 2.05) is 18.3 Å². The van der Waals surface area contributed by atoms with E-state index in [2.05, 4.69) is 66.4 Å². The zero-order valence-electron chi connectivity index (χ0n) is 19.6. The topological polar surface area (TPSA) is 64.1 Å². The first-order valence-electron chi connectivity index (χ1n) is 11.5. The summed E-state index contributed by atoms with van der Waals surface area (Å²) in [7, 11) is 1.66. The Hall–Kier alpha value is -3.47. The van der Waals surface area contributed by atoms with Gasteiger partial charge in [0.15, 0.2) is 5.78 Å². The number of nitrogens with zero attached hydrogens (tertiary/aromatic N) is 2. The summed E-state index contributed by atoms with van der Waals surface area (Å²) in [6.45, 7) is 6.49. The first-order chi connectivity index (χ1) is 15.9. The molecule has 3 heterocycles. The Kier molecular flexibility index (Phi) is 5.08. The lowest BCUT2D eigenvalue weighted by Crippen LogP contribution is -2.43. The second kappa shape index (κ2) is 7.84. The molecule has 0 saturated carbocycles. The van der Waals surface area contributed by atoms with Crippen molar-refractivity contribution in [1.29, 1.82) is 0 Å². The van der Waals surface area contributed by atoms with Gasteiger partial charge in [0.1, 0.15) is 11.6 Å². The lowest BCUT2D eigenvalue weighted by molar-refractivity contribution is -0.118. The summed E-state index contributed by atoms with van der Waals surface area (Å²) >= 11 is 0. The van der Waals surface area contributed by atoms with E-state index in [4.69, 9.17) is 4.74 Å². The molecule has 0 unspecified atom stereocenters. The summed E-state index contributed by atoms with van der Waals surface area (Å²) in [5.41, 5.74) is 5.42. The largest absolute Gasteiger partial charge is 0.494 e. The van der Waals surface area contributed by atoms with Crippen LogP contribution in [0.1, 0.15) is 51.2 Å². The van der Waals surface area contributed by atoms with E-state index in [9.17, 15) is 4.79 Å². The van der Waals surface area contributed by atoms with Crippen LogP contribution in [0.25, 0.3) is 11.1 Å². The van der Waals surface area contributed by atoms with E-state index < -0.39 is 5.41 Å². The van der Waals surface area contributed by atoms with E-state index in [1.165, 1.54) is 0 Å². The van der Waals surface area contributed by atoms with Gasteiger partial charge in [0.05, 0.1) is 18.7 Å². The Bertz CT molecular complexity index is 1280. The number of carbonyl (C=O) groups is 1. The molecule has 1 aromatic carbocycles. The molecule has 0 fully saturated rings. The molecular weight excluding hydrogens is 410 g/mol. The fourth-order valence-electron chi connectivity index (χ4n) is 5.65. The molecule has 2 aliphatic rings. The molecule has 0 amide bonds. The van der Waals surface area contributed by atoms with Gasteiger partial charge in [-0.05, 0) is 47.6 Å². The van der Waals surface area contributed by atoms with E-state index >= 15 is 0 Å². The van der Waals surface area contributed by atoms with Crippen LogP contribution in [0.5, 0.6) is 5.75 Å². The van der Waals surface area contributed by atoms with Crippen LogP contribution in [0, 0.1) is 5.41 Å². The van der Waals surface area contributed by atoms with Crippen LogP contribution in [0.2, 0.25) is 0 Å². The van der Waals surface area contributed by atoms with Crippen LogP contribution in [0.3, 0.4) is 0 Å². The lowest BCUT2D eigenvalue weighted by atomic mass is 9.59. The van der Waals surface area contributed by atoms with Crippen molar-refractivity contribution in [3.63, 3.8) is 0 Å². The summed E-state index contributed by atoms with van der Waals surface area (Å²) in [6.07, 6.45) is 7.44. The second-order valence-electron chi connectivity index (χ2n) is 9.73. The zero-order valence-corrected chi connectivity index (χ0v) is 19.6. The number of carbonyl (C=O) groups excluding carboxylic acids is 1. The standard InChI is InChI=1S/C28H29N3O2/c1-5-28(19-9-6-8-18(14-19)20-11-13-29-17-24(20)33-4)21-10-7-12-30-26(21)31-22-15-27(2,3)16-23(32)25(22)28/h6-14,17H,5,15-16H2,1-4H3,(H,30,31)/t28-/m0/s1. The predicted octanol–water partition coefficient (Wildman–Crippen LogP) is 5.92. The molecule has 3 aromatic rings. The molecule has 0 radical (unpaired) electrons. The average molecular weight is 440 g/mol. The number of anilines is 1. The number of Topliss-reactive ketones (excluding diaryl/α,β-unsaturated/α-hetero) is 1. The molecule has 1 atom stereocenters. The number of nitrogens with one attached hydrogen (secondary N) is 1. The van der Waals surface area contributed by atoms with E-state index in [-0.39, 0.29) is 11.2 Å². The number of aromatic nitrogens is 2. The molecule has 1 N–H and O–H groups in total. The molecule has 33 heavy (non-hydrogen) atoms. The van der Waals surface area contributed by atoms with Crippen LogP contribution in [0.15, 0.2) is 72.3 Å². The third kappa shape index (κ3) is 3.34. The summed E-state index contributed by atoms with van der Waals surface area (Å²) in [6, 6.07) is 14.5. The van der Waals surface area contributed by atoms with Gasteiger partial charge in [0, 0.05) is 41.2 Å². The smallest absolute Gasteiger partial charge is 0.162 e. The molecule has 5 nitrogen and oxygen atoms in total. The Labute approximate surface area is 194 Å². The van der Waals surface area contributed by atoms with Crippen LogP contribution in [-0.4, -0.2) is 22.9 Å². The number of allylic oxidation sites excluding steroid dienone is 2. The summed E-state index contributed by atoms with van der Waals surface area (Å²) in [5, 5.41) is 3.53. The molecule has 0 bridgehead atoms. The Morgan fingerprint density at radius 3 is 2.73 bits per heavy atom. The Morgan fingerprint density at radius 2 is 1.94 bits per heavy atom. The fourth-order valence-corrected chi connectivity index (χ4v) is 5.65. The number of hydrogen-bond donors (Lipinski definition) is 1. The first-order valence-corrected chi connectivity index (χ1v) is 11.5. The number of methoxy groups -OCH3 is 1. The minimum Gasteiger partial charge on any atom is -0.494 e. The highest BCUT2D eigenvalue weighted by Gasteiger charge is 2.49. The van der Waals surface area contributed by atoms with Gasteiger partial charge in [-0.15, -0.1) is 0 Å². The van der Waals surface area contributed by atoms with Gasteiger partial charge in [-0.25, -0.2) is 4.98 Å². The van der Waals surface area contributed by atoms with Crippen LogP contribution in [-0.2, 0) is 10.2 Å². The fraction of sp³-hybridized carbons (Fsp3) is 0.321. The van der Waals surface area contributed by atoms with Crippen molar-refractivity contribution in [2.24, 2.45) is 5.41 Å². The van der Waals surface area contributed by atoms with Crippen LogP contribution >= 0.6 is 0 Å². The summed E-state index contributed by atoms with van der Waals surface area (Å²) in [5.74, 6) is 1.79. The van der Waals surface area contributed by atoms with Crippen molar-refractivity contribution < 1.29 is 9.53 Å². The van der Waals surface area contributed by atoms with Gasteiger partial charge in [0.25, 0.3) is 0 Å². The normalized spacial score (nSPS) is 21.2. The molecule has 168 valence electrons. The molecule has 1 aliphatic carbocycles. The third-order valence-corrected chi connectivity index (χ3v) is 7.04. The summed E-state index contributed by atoms with van der Waals surface area (Å²) < 4.78 is 5.57. The lowest BCUT2D eigenvalue weighted by Gasteiger charge is -2.46. The van der Waals surface area contributed by atoms with Crippen LogP contribution in [0.4, 0.5) is 5.82 Å². The van der Waals surface area contributed by atoms with E-state index in [0.717, 1.165) is 57.9 Å². The number of hydrogen-bond acceptors (Lipinski definition) is 5. The van der Waals surface area contributed by atoms with Gasteiger partial charge < -0.3 is 10.1 Å². The molecule has 2 aromatic heterocycles. The summed E-state index contributed by atoms with van der Waals surface area (Å²) in [4.78, 5) is 22.6. The SMILES string of the molecule is CC[C@@]1(c2cccc(-c3ccncc3OC)c2)C2=C(CC(C)(C)CC2=O)Nc2ncccc21. The van der Waals surface area contributed by atoms with Gasteiger partial charge >= 0.3 is 0 Å². The van der Waals surface area contributed by atoms with Gasteiger partial charge in [-0.3, -0.25) is 9.78 Å². The maximum atomic E-state index is 13.7. The van der Waals surface area contributed by atoms with Crippen molar-refractivity contribution in [2.75, 3.05) is 12.4 Å². The Balaban J connectivity index is 1.78. The monoisotopic (exact) mass is 439 g/mol. The Morgan fingerprint density at radius 1 is 1.09 bits per heavy atom. The number of rotatable bonds is 4. The molecule has 5 heteroatoms. The number of ether oxygens (including phenoxy) is 1. The minimum absolute atomic E-state index is 0.0824. The number of fused-ring (bicyclic) bond motifs is 1. The molecule has 0 spiro atoms. The second-order valence-corrected chi connectivity index (χ2v) is 9.73. The number of pyridine rings is 2. The number of benzene rings is 1. The minimum atomic E-state index is -0.561. The van der Waals surface area contributed by atoms with Gasteiger partial charge in [0.2, 0.25) is 0 Å². The highest BCUT2D eigenvalue weighted by molar-refractivity contribution is 6.03.